The van der Waals surface area contributed by atoms with Gasteiger partial charge in [0.1, 0.15) is 5.75 Å². The fourth-order valence-corrected chi connectivity index (χ4v) is 2.98. The topological polar surface area (TPSA) is 21.7 Å². The highest BCUT2D eigenvalue weighted by Crippen LogP contribution is 2.25. The minimum absolute atomic E-state index is 0.344. The first-order valence-electron chi connectivity index (χ1n) is 7.81. The van der Waals surface area contributed by atoms with Crippen LogP contribution in [0.4, 0.5) is 0 Å². The highest BCUT2D eigenvalue weighted by atomic mass is 35.5. The van der Waals surface area contributed by atoms with E-state index >= 15 is 0 Å². The molecule has 0 saturated carbocycles. The summed E-state index contributed by atoms with van der Waals surface area (Å²) in [7, 11) is 0. The first-order valence-corrected chi connectivity index (χ1v) is 8.19. The molecule has 118 valence electrons. The molecule has 3 nitrogen and oxygen atoms in total. The number of hydrogen-bond acceptors (Lipinski definition) is 3. The number of ether oxygens (including phenoxy) is 2. The van der Waals surface area contributed by atoms with Gasteiger partial charge in [0.2, 0.25) is 0 Å². The molecule has 0 unspecified atom stereocenters. The summed E-state index contributed by atoms with van der Waals surface area (Å²) in [6.45, 7) is 10.2. The lowest BCUT2D eigenvalue weighted by Crippen LogP contribution is -2.45. The Hall–Kier alpha value is -0.770. The zero-order chi connectivity index (χ0) is 15.2. The molecule has 0 amide bonds. The highest BCUT2D eigenvalue weighted by Gasteiger charge is 2.21. The molecule has 2 atom stereocenters. The molecule has 2 rings (SSSR count). The quantitative estimate of drug-likeness (QED) is 0.743. The Labute approximate surface area is 133 Å². The van der Waals surface area contributed by atoms with Crippen LogP contribution in [0.5, 0.6) is 5.75 Å². The van der Waals surface area contributed by atoms with E-state index in [0.717, 1.165) is 44.8 Å². The van der Waals surface area contributed by atoms with E-state index in [1.165, 1.54) is 5.56 Å². The molecule has 4 heteroatoms. The molecule has 0 aromatic heterocycles. The summed E-state index contributed by atoms with van der Waals surface area (Å²) in [4.78, 5) is 2.48. The normalized spacial score (nSPS) is 23.2. The second-order valence-corrected chi connectivity index (χ2v) is 6.41. The van der Waals surface area contributed by atoms with E-state index < -0.39 is 0 Å². The Balaban J connectivity index is 1.65. The number of aryl methyl sites for hydroxylation is 1. The summed E-state index contributed by atoms with van der Waals surface area (Å²) in [6, 6.07) is 5.88. The number of rotatable bonds is 6. The zero-order valence-electron chi connectivity index (χ0n) is 13.3. The molecule has 1 aromatic carbocycles. The average molecular weight is 312 g/mol. The van der Waals surface area contributed by atoms with Crippen molar-refractivity contribution < 1.29 is 9.47 Å². The summed E-state index contributed by atoms with van der Waals surface area (Å²) in [6.07, 6.45) is 2.87. The van der Waals surface area contributed by atoms with Crippen molar-refractivity contribution in [3.63, 3.8) is 0 Å². The zero-order valence-corrected chi connectivity index (χ0v) is 14.0. The first-order chi connectivity index (χ1) is 10.0. The molecule has 0 bridgehead atoms. The van der Waals surface area contributed by atoms with Crippen molar-refractivity contribution in [2.45, 2.75) is 45.8 Å². The van der Waals surface area contributed by atoms with Crippen LogP contribution in [0.15, 0.2) is 18.2 Å². The molecule has 1 aromatic rings. The maximum Gasteiger partial charge on any atom is 0.138 e. The van der Waals surface area contributed by atoms with E-state index in [1.807, 2.05) is 25.1 Å². The molecule has 1 aliphatic rings. The third kappa shape index (κ3) is 5.50. The molecule has 0 aliphatic carbocycles. The maximum atomic E-state index is 6.12. The predicted molar refractivity (Wildman–Crippen MR) is 87.4 cm³/mol. The Morgan fingerprint density at radius 3 is 2.67 bits per heavy atom. The smallest absolute Gasteiger partial charge is 0.138 e. The first kappa shape index (κ1) is 16.6. The third-order valence-corrected chi connectivity index (χ3v) is 4.02. The van der Waals surface area contributed by atoms with Crippen LogP contribution in [0.3, 0.4) is 0 Å². The van der Waals surface area contributed by atoms with Crippen molar-refractivity contribution in [1.29, 1.82) is 0 Å². The molecule has 0 N–H and O–H groups in total. The van der Waals surface area contributed by atoms with Crippen LogP contribution in [0, 0.1) is 6.92 Å². The third-order valence-electron chi connectivity index (χ3n) is 3.71. The van der Waals surface area contributed by atoms with Gasteiger partial charge in [0.25, 0.3) is 0 Å². The SMILES string of the molecule is Cc1ccc(Cl)c(OCCCCN2C[C@@H](C)O[C@@H](C)C2)c1. The lowest BCUT2D eigenvalue weighted by Gasteiger charge is -2.35. The van der Waals surface area contributed by atoms with E-state index in [-0.39, 0.29) is 0 Å². The largest absolute Gasteiger partial charge is 0.492 e. The van der Waals surface area contributed by atoms with Gasteiger partial charge in [-0.3, -0.25) is 4.90 Å². The Morgan fingerprint density at radius 2 is 1.95 bits per heavy atom. The number of nitrogens with zero attached hydrogens (tertiary/aromatic N) is 1. The maximum absolute atomic E-state index is 6.12. The molecule has 1 aliphatic heterocycles. The molecule has 0 spiro atoms. The number of hydrogen-bond donors (Lipinski definition) is 0. The van der Waals surface area contributed by atoms with E-state index in [4.69, 9.17) is 21.1 Å². The van der Waals surface area contributed by atoms with Crippen LogP contribution in [0.25, 0.3) is 0 Å². The van der Waals surface area contributed by atoms with Crippen molar-refractivity contribution in [3.8, 4) is 5.75 Å². The monoisotopic (exact) mass is 311 g/mol. The summed E-state index contributed by atoms with van der Waals surface area (Å²) in [5.74, 6) is 0.797. The van der Waals surface area contributed by atoms with Gasteiger partial charge in [0.05, 0.1) is 23.8 Å². The van der Waals surface area contributed by atoms with Crippen LogP contribution in [-0.4, -0.2) is 43.3 Å². The van der Waals surface area contributed by atoms with Gasteiger partial charge in [0, 0.05) is 13.1 Å². The van der Waals surface area contributed by atoms with Crippen LogP contribution in [-0.2, 0) is 4.74 Å². The van der Waals surface area contributed by atoms with Gasteiger partial charge in [-0.2, -0.15) is 0 Å². The molecule has 1 heterocycles. The second kappa shape index (κ2) is 8.02. The highest BCUT2D eigenvalue weighted by molar-refractivity contribution is 6.32. The van der Waals surface area contributed by atoms with Crippen molar-refractivity contribution in [2.24, 2.45) is 0 Å². The van der Waals surface area contributed by atoms with E-state index in [2.05, 4.69) is 18.7 Å². The van der Waals surface area contributed by atoms with Crippen LogP contribution < -0.4 is 4.74 Å². The Bertz CT molecular complexity index is 442. The van der Waals surface area contributed by atoms with Crippen molar-refractivity contribution in [1.82, 2.24) is 4.90 Å². The number of halogens is 1. The summed E-state index contributed by atoms with van der Waals surface area (Å²) < 4.78 is 11.5. The summed E-state index contributed by atoms with van der Waals surface area (Å²) in [5.41, 5.74) is 1.17. The van der Waals surface area contributed by atoms with E-state index in [9.17, 15) is 0 Å². The van der Waals surface area contributed by atoms with Gasteiger partial charge in [0.15, 0.2) is 0 Å². The van der Waals surface area contributed by atoms with Crippen LogP contribution >= 0.6 is 11.6 Å². The molecular weight excluding hydrogens is 286 g/mol. The summed E-state index contributed by atoms with van der Waals surface area (Å²) >= 11 is 6.12. The fraction of sp³-hybridized carbons (Fsp3) is 0.647. The molecule has 21 heavy (non-hydrogen) atoms. The molecular formula is C17H26ClNO2. The van der Waals surface area contributed by atoms with E-state index in [1.54, 1.807) is 0 Å². The molecule has 1 fully saturated rings. The minimum Gasteiger partial charge on any atom is -0.492 e. The van der Waals surface area contributed by atoms with Gasteiger partial charge in [-0.1, -0.05) is 17.7 Å². The summed E-state index contributed by atoms with van der Waals surface area (Å²) in [5, 5.41) is 0.691. The molecule has 0 radical (unpaired) electrons. The number of morpholine rings is 1. The van der Waals surface area contributed by atoms with Gasteiger partial charge in [-0.05, 0) is 57.9 Å². The lowest BCUT2D eigenvalue weighted by atomic mass is 10.2. The van der Waals surface area contributed by atoms with Gasteiger partial charge in [-0.25, -0.2) is 0 Å². The standard InChI is InChI=1S/C17H26ClNO2/c1-13-6-7-16(18)17(10-13)20-9-5-4-8-19-11-14(2)21-15(3)12-19/h6-7,10,14-15H,4-5,8-9,11-12H2,1-3H3/t14-,15+. The second-order valence-electron chi connectivity index (χ2n) is 6.01. The Kier molecular flexibility index (Phi) is 6.34. The average Bonchev–Trinajstić information content (AvgIpc) is 2.41. The van der Waals surface area contributed by atoms with Crippen molar-refractivity contribution in [2.75, 3.05) is 26.2 Å². The Morgan fingerprint density at radius 1 is 1.24 bits per heavy atom. The van der Waals surface area contributed by atoms with E-state index in [0.29, 0.717) is 17.2 Å². The van der Waals surface area contributed by atoms with Crippen molar-refractivity contribution in [3.05, 3.63) is 28.8 Å². The number of unbranched alkanes of at least 4 members (excludes halogenated alkanes) is 1. The molecule has 1 saturated heterocycles. The van der Waals surface area contributed by atoms with Crippen LogP contribution in [0.2, 0.25) is 5.02 Å². The van der Waals surface area contributed by atoms with Gasteiger partial charge in [-0.15, -0.1) is 0 Å². The number of benzene rings is 1. The lowest BCUT2D eigenvalue weighted by molar-refractivity contribution is -0.0682. The predicted octanol–water partition coefficient (Wildman–Crippen LogP) is 3.92. The van der Waals surface area contributed by atoms with Crippen molar-refractivity contribution >= 4 is 11.6 Å². The van der Waals surface area contributed by atoms with Gasteiger partial charge < -0.3 is 9.47 Å². The fourth-order valence-electron chi connectivity index (χ4n) is 2.81. The van der Waals surface area contributed by atoms with Crippen LogP contribution in [0.1, 0.15) is 32.3 Å². The van der Waals surface area contributed by atoms with Gasteiger partial charge >= 0.3 is 0 Å². The minimum atomic E-state index is 0.344.